The van der Waals surface area contributed by atoms with E-state index < -0.39 is 0 Å². The number of hydrazine groups is 1. The fourth-order valence-electron chi connectivity index (χ4n) is 2.63. The van der Waals surface area contributed by atoms with Crippen LogP contribution in [-0.2, 0) is 11.3 Å². The summed E-state index contributed by atoms with van der Waals surface area (Å²) >= 11 is 0. The first kappa shape index (κ1) is 13.1. The number of amides is 1. The highest BCUT2D eigenvalue weighted by molar-refractivity contribution is 5.78. The van der Waals surface area contributed by atoms with E-state index in [0.29, 0.717) is 6.04 Å². The van der Waals surface area contributed by atoms with Gasteiger partial charge in [0.05, 0.1) is 0 Å². The molecule has 1 aromatic carbocycles. The molecule has 1 aliphatic heterocycles. The summed E-state index contributed by atoms with van der Waals surface area (Å²) in [5.41, 5.74) is 3.59. The molecule has 0 spiro atoms. The van der Waals surface area contributed by atoms with Gasteiger partial charge in [0.25, 0.3) is 0 Å². The monoisotopic (exact) mass is 247 g/mol. The molecule has 0 unspecified atom stereocenters. The van der Waals surface area contributed by atoms with Crippen LogP contribution in [0.1, 0.15) is 25.3 Å². The fraction of sp³-hybridized carbons (Fsp3) is 0.500. The molecule has 4 heteroatoms. The highest BCUT2D eigenvalue weighted by atomic mass is 16.2. The molecule has 1 saturated heterocycles. The predicted octanol–water partition coefficient (Wildman–Crippen LogP) is 1.28. The van der Waals surface area contributed by atoms with Gasteiger partial charge in [-0.15, -0.1) is 0 Å². The topological polar surface area (TPSA) is 58.4 Å². The Hall–Kier alpha value is -1.39. The fourth-order valence-corrected chi connectivity index (χ4v) is 2.63. The summed E-state index contributed by atoms with van der Waals surface area (Å²) in [5, 5.41) is 0. The second kappa shape index (κ2) is 5.98. The summed E-state index contributed by atoms with van der Waals surface area (Å²) in [5.74, 6) is 5.23. The van der Waals surface area contributed by atoms with E-state index in [-0.39, 0.29) is 11.8 Å². The zero-order valence-corrected chi connectivity index (χ0v) is 10.8. The molecule has 0 saturated carbocycles. The molecule has 0 aliphatic carbocycles. The van der Waals surface area contributed by atoms with E-state index in [1.54, 1.807) is 0 Å². The smallest absolute Gasteiger partial charge is 0.237 e. The van der Waals surface area contributed by atoms with Gasteiger partial charge in [0, 0.05) is 18.5 Å². The molecule has 2 rings (SSSR count). The summed E-state index contributed by atoms with van der Waals surface area (Å²) in [6.45, 7) is 4.09. The Morgan fingerprint density at radius 3 is 2.78 bits per heavy atom. The molecule has 98 valence electrons. The third kappa shape index (κ3) is 3.09. The van der Waals surface area contributed by atoms with Crippen LogP contribution >= 0.6 is 0 Å². The Morgan fingerprint density at radius 2 is 2.17 bits per heavy atom. The van der Waals surface area contributed by atoms with Crippen molar-refractivity contribution in [2.75, 3.05) is 6.54 Å². The zero-order valence-electron chi connectivity index (χ0n) is 10.8. The van der Waals surface area contributed by atoms with Crippen molar-refractivity contribution in [3.05, 3.63) is 35.9 Å². The lowest BCUT2D eigenvalue weighted by atomic mass is 9.90. The first-order valence-electron chi connectivity index (χ1n) is 6.49. The van der Waals surface area contributed by atoms with Crippen LogP contribution < -0.4 is 11.3 Å². The van der Waals surface area contributed by atoms with Crippen molar-refractivity contribution in [3.8, 4) is 0 Å². The Balaban J connectivity index is 1.92. The molecule has 0 aromatic heterocycles. The highest BCUT2D eigenvalue weighted by Crippen LogP contribution is 2.24. The maximum absolute atomic E-state index is 11.5. The third-order valence-corrected chi connectivity index (χ3v) is 3.76. The van der Waals surface area contributed by atoms with Gasteiger partial charge in [0.1, 0.15) is 0 Å². The molecule has 4 nitrogen and oxygen atoms in total. The van der Waals surface area contributed by atoms with Crippen LogP contribution in [0.15, 0.2) is 30.3 Å². The van der Waals surface area contributed by atoms with Crippen molar-refractivity contribution >= 4 is 5.91 Å². The average Bonchev–Trinajstić information content (AvgIpc) is 2.41. The molecule has 0 bridgehead atoms. The van der Waals surface area contributed by atoms with Gasteiger partial charge < -0.3 is 0 Å². The second-order valence-electron chi connectivity index (χ2n) is 5.03. The number of carbonyl (C=O) groups is 1. The van der Waals surface area contributed by atoms with E-state index in [9.17, 15) is 4.79 Å². The lowest BCUT2D eigenvalue weighted by Gasteiger charge is -2.36. The minimum absolute atomic E-state index is 0.0267. The van der Waals surface area contributed by atoms with E-state index in [0.717, 1.165) is 25.9 Å². The highest BCUT2D eigenvalue weighted by Gasteiger charge is 2.29. The van der Waals surface area contributed by atoms with E-state index in [4.69, 9.17) is 5.84 Å². The molecule has 1 fully saturated rings. The summed E-state index contributed by atoms with van der Waals surface area (Å²) in [7, 11) is 0. The van der Waals surface area contributed by atoms with Crippen LogP contribution in [0.2, 0.25) is 0 Å². The van der Waals surface area contributed by atoms with Crippen molar-refractivity contribution in [2.24, 2.45) is 11.8 Å². The number of nitrogens with two attached hydrogens (primary N) is 1. The number of likely N-dealkylation sites (tertiary alicyclic amines) is 1. The molecule has 1 aromatic rings. The minimum Gasteiger partial charge on any atom is -0.296 e. The molecule has 1 heterocycles. The summed E-state index contributed by atoms with van der Waals surface area (Å²) in [4.78, 5) is 13.9. The third-order valence-electron chi connectivity index (χ3n) is 3.76. The van der Waals surface area contributed by atoms with E-state index in [2.05, 4.69) is 41.5 Å². The van der Waals surface area contributed by atoms with Gasteiger partial charge in [-0.2, -0.15) is 0 Å². The SMILES string of the molecule is C[C@H]1C[C@@H](C(=O)NN)CCN1Cc1ccccc1. The van der Waals surface area contributed by atoms with E-state index >= 15 is 0 Å². The molecule has 1 aliphatic rings. The Morgan fingerprint density at radius 1 is 1.44 bits per heavy atom. The van der Waals surface area contributed by atoms with Crippen molar-refractivity contribution < 1.29 is 4.79 Å². The molecule has 0 radical (unpaired) electrons. The summed E-state index contributed by atoms with van der Waals surface area (Å²) in [6, 6.07) is 10.9. The van der Waals surface area contributed by atoms with Gasteiger partial charge >= 0.3 is 0 Å². The second-order valence-corrected chi connectivity index (χ2v) is 5.03. The van der Waals surface area contributed by atoms with Crippen LogP contribution in [0.3, 0.4) is 0 Å². The average molecular weight is 247 g/mol. The molecule has 2 atom stereocenters. The van der Waals surface area contributed by atoms with E-state index in [1.807, 2.05) is 6.07 Å². The lowest BCUT2D eigenvalue weighted by Crippen LogP contribution is -2.46. The van der Waals surface area contributed by atoms with Crippen LogP contribution in [0, 0.1) is 5.92 Å². The molecular formula is C14H21N3O. The number of piperidine rings is 1. The Kier molecular flexibility index (Phi) is 4.33. The van der Waals surface area contributed by atoms with Crippen LogP contribution in [-0.4, -0.2) is 23.4 Å². The maximum Gasteiger partial charge on any atom is 0.237 e. The number of rotatable bonds is 3. The Bertz CT molecular complexity index is 393. The first-order valence-corrected chi connectivity index (χ1v) is 6.49. The van der Waals surface area contributed by atoms with Crippen molar-refractivity contribution in [1.82, 2.24) is 10.3 Å². The summed E-state index contributed by atoms with van der Waals surface area (Å²) in [6.07, 6.45) is 1.77. The normalized spacial score (nSPS) is 24.8. The molecule has 1 amide bonds. The van der Waals surface area contributed by atoms with Crippen LogP contribution in [0.4, 0.5) is 0 Å². The molecular weight excluding hydrogens is 226 g/mol. The summed E-state index contributed by atoms with van der Waals surface area (Å²) < 4.78 is 0. The van der Waals surface area contributed by atoms with Gasteiger partial charge in [-0.25, -0.2) is 5.84 Å². The van der Waals surface area contributed by atoms with Crippen LogP contribution in [0.25, 0.3) is 0 Å². The van der Waals surface area contributed by atoms with Crippen molar-refractivity contribution in [1.29, 1.82) is 0 Å². The quantitative estimate of drug-likeness (QED) is 0.480. The standard InChI is InChI=1S/C14H21N3O/c1-11-9-13(14(18)16-15)7-8-17(11)10-12-5-3-2-4-6-12/h2-6,11,13H,7-10,15H2,1H3,(H,16,18)/t11-,13-/m0/s1. The number of hydrogen-bond donors (Lipinski definition) is 2. The maximum atomic E-state index is 11.5. The predicted molar refractivity (Wildman–Crippen MR) is 71.4 cm³/mol. The van der Waals surface area contributed by atoms with Crippen molar-refractivity contribution in [2.45, 2.75) is 32.4 Å². The number of benzene rings is 1. The number of carbonyl (C=O) groups excluding carboxylic acids is 1. The lowest BCUT2D eigenvalue weighted by molar-refractivity contribution is -0.127. The van der Waals surface area contributed by atoms with Gasteiger partial charge in [-0.1, -0.05) is 30.3 Å². The number of nitrogens with zero attached hydrogens (tertiary/aromatic N) is 1. The van der Waals surface area contributed by atoms with Gasteiger partial charge in [0.2, 0.25) is 5.91 Å². The van der Waals surface area contributed by atoms with Gasteiger partial charge in [0.15, 0.2) is 0 Å². The largest absolute Gasteiger partial charge is 0.296 e. The number of nitrogens with one attached hydrogen (secondary N) is 1. The number of hydrogen-bond acceptors (Lipinski definition) is 3. The Labute approximate surface area is 108 Å². The van der Waals surface area contributed by atoms with Gasteiger partial charge in [-0.3, -0.25) is 15.1 Å². The molecule has 3 N–H and O–H groups in total. The van der Waals surface area contributed by atoms with Crippen LogP contribution in [0.5, 0.6) is 0 Å². The van der Waals surface area contributed by atoms with Gasteiger partial charge in [-0.05, 0) is 31.9 Å². The first-order chi connectivity index (χ1) is 8.70. The zero-order chi connectivity index (χ0) is 13.0. The van der Waals surface area contributed by atoms with Crippen molar-refractivity contribution in [3.63, 3.8) is 0 Å². The minimum atomic E-state index is -0.0267. The molecule has 18 heavy (non-hydrogen) atoms. The van der Waals surface area contributed by atoms with E-state index in [1.165, 1.54) is 5.56 Å².